The highest BCUT2D eigenvalue weighted by Gasteiger charge is 2.20. The van der Waals surface area contributed by atoms with Gasteiger partial charge in [-0.1, -0.05) is 6.42 Å². The minimum absolute atomic E-state index is 0. The number of nitrogens with one attached hydrogen (secondary N) is 2. The smallest absolute Gasteiger partial charge is 0.240 e. The zero-order chi connectivity index (χ0) is 14.6. The van der Waals surface area contributed by atoms with Gasteiger partial charge in [-0.2, -0.15) is 0 Å². The maximum absolute atomic E-state index is 12.3. The molecule has 1 aromatic rings. The van der Waals surface area contributed by atoms with E-state index in [-0.39, 0.29) is 18.4 Å². The summed E-state index contributed by atoms with van der Waals surface area (Å²) in [6.07, 6.45) is 3.34. The van der Waals surface area contributed by atoms with Crippen LogP contribution in [0.25, 0.3) is 0 Å². The van der Waals surface area contributed by atoms with E-state index in [1.165, 1.54) is 6.42 Å². The first-order valence-electron chi connectivity index (χ1n) is 6.90. The van der Waals surface area contributed by atoms with Crippen molar-refractivity contribution >= 4 is 22.4 Å². The quantitative estimate of drug-likeness (QED) is 0.862. The fourth-order valence-corrected chi connectivity index (χ4v) is 3.74. The molecule has 1 aliphatic rings. The average Bonchev–Trinajstić information content (AvgIpc) is 2.46. The maximum atomic E-state index is 12.3. The third-order valence-corrected chi connectivity index (χ3v) is 5.19. The van der Waals surface area contributed by atoms with Crippen LogP contribution in [0.5, 0.6) is 5.75 Å². The lowest BCUT2D eigenvalue weighted by molar-refractivity contribution is 0.398. The van der Waals surface area contributed by atoms with E-state index < -0.39 is 10.0 Å². The highest BCUT2D eigenvalue weighted by molar-refractivity contribution is 7.89. The molecule has 5 nitrogen and oxygen atoms in total. The van der Waals surface area contributed by atoms with Gasteiger partial charge in [-0.25, -0.2) is 13.1 Å². The van der Waals surface area contributed by atoms with Gasteiger partial charge in [0.15, 0.2) is 0 Å². The van der Waals surface area contributed by atoms with Gasteiger partial charge in [-0.05, 0) is 50.1 Å². The molecular formula is C14H23ClN2O3S. The molecule has 0 bridgehead atoms. The Kier molecular flexibility index (Phi) is 6.93. The van der Waals surface area contributed by atoms with Crippen molar-refractivity contribution in [2.75, 3.05) is 20.2 Å². The summed E-state index contributed by atoms with van der Waals surface area (Å²) in [5.74, 6) is 0.662. The van der Waals surface area contributed by atoms with Gasteiger partial charge in [0, 0.05) is 12.6 Å². The van der Waals surface area contributed by atoms with Crippen LogP contribution < -0.4 is 14.8 Å². The topological polar surface area (TPSA) is 67.4 Å². The van der Waals surface area contributed by atoms with Crippen molar-refractivity contribution in [1.82, 2.24) is 10.0 Å². The summed E-state index contributed by atoms with van der Waals surface area (Å²) >= 11 is 0. The zero-order valence-corrected chi connectivity index (χ0v) is 14.0. The molecule has 0 spiro atoms. The number of rotatable bonds is 5. The Morgan fingerprint density at radius 1 is 1.38 bits per heavy atom. The van der Waals surface area contributed by atoms with Crippen molar-refractivity contribution in [3.63, 3.8) is 0 Å². The van der Waals surface area contributed by atoms with Crippen LogP contribution in [0.15, 0.2) is 23.1 Å². The fourth-order valence-electron chi connectivity index (χ4n) is 2.44. The van der Waals surface area contributed by atoms with E-state index in [4.69, 9.17) is 4.74 Å². The monoisotopic (exact) mass is 334 g/mol. The van der Waals surface area contributed by atoms with Crippen LogP contribution in [0.2, 0.25) is 0 Å². The van der Waals surface area contributed by atoms with Crippen molar-refractivity contribution in [3.8, 4) is 5.75 Å². The van der Waals surface area contributed by atoms with E-state index in [2.05, 4.69) is 10.0 Å². The number of sulfonamides is 1. The van der Waals surface area contributed by atoms with E-state index in [9.17, 15) is 8.42 Å². The second-order valence-corrected chi connectivity index (χ2v) is 6.87. The Morgan fingerprint density at radius 2 is 2.14 bits per heavy atom. The van der Waals surface area contributed by atoms with Crippen LogP contribution in [0.1, 0.15) is 24.8 Å². The number of halogens is 1. The molecule has 0 aliphatic carbocycles. The largest absolute Gasteiger partial charge is 0.497 e. The number of hydrogen-bond donors (Lipinski definition) is 2. The minimum Gasteiger partial charge on any atom is -0.497 e. The van der Waals surface area contributed by atoms with E-state index in [0.29, 0.717) is 22.8 Å². The number of ether oxygens (including phenoxy) is 1. The van der Waals surface area contributed by atoms with E-state index in [1.54, 1.807) is 32.2 Å². The Bertz CT molecular complexity index is 557. The van der Waals surface area contributed by atoms with Crippen LogP contribution in [0.4, 0.5) is 0 Å². The molecule has 2 N–H and O–H groups in total. The molecule has 0 amide bonds. The minimum atomic E-state index is -3.46. The molecule has 120 valence electrons. The molecule has 21 heavy (non-hydrogen) atoms. The molecule has 1 aromatic carbocycles. The number of hydrogen-bond acceptors (Lipinski definition) is 4. The first-order valence-corrected chi connectivity index (χ1v) is 8.39. The van der Waals surface area contributed by atoms with Crippen molar-refractivity contribution < 1.29 is 13.2 Å². The normalized spacial score (nSPS) is 18.9. The highest BCUT2D eigenvalue weighted by atomic mass is 35.5. The molecule has 1 fully saturated rings. The summed E-state index contributed by atoms with van der Waals surface area (Å²) in [6.45, 7) is 3.18. The lowest BCUT2D eigenvalue weighted by atomic mass is 10.1. The fraction of sp³-hybridized carbons (Fsp3) is 0.571. The third-order valence-electron chi connectivity index (χ3n) is 3.60. The molecule has 0 radical (unpaired) electrons. The van der Waals surface area contributed by atoms with Crippen molar-refractivity contribution in [2.24, 2.45) is 0 Å². The Labute approximate surface area is 132 Å². The van der Waals surface area contributed by atoms with Gasteiger partial charge in [-0.3, -0.25) is 0 Å². The number of piperidine rings is 1. The van der Waals surface area contributed by atoms with Crippen LogP contribution in [-0.2, 0) is 10.0 Å². The van der Waals surface area contributed by atoms with Crippen LogP contribution in [0, 0.1) is 6.92 Å². The second kappa shape index (κ2) is 7.98. The maximum Gasteiger partial charge on any atom is 0.240 e. The van der Waals surface area contributed by atoms with Crippen molar-refractivity contribution in [2.45, 2.75) is 37.1 Å². The predicted molar refractivity (Wildman–Crippen MR) is 85.8 cm³/mol. The van der Waals surface area contributed by atoms with Gasteiger partial charge in [-0.15, -0.1) is 12.4 Å². The van der Waals surface area contributed by atoms with E-state index in [1.807, 2.05) is 0 Å². The summed E-state index contributed by atoms with van der Waals surface area (Å²) in [5.41, 5.74) is 0.688. The van der Waals surface area contributed by atoms with Gasteiger partial charge >= 0.3 is 0 Å². The lowest BCUT2D eigenvalue weighted by Crippen LogP contribution is -2.43. The molecule has 1 heterocycles. The Morgan fingerprint density at radius 3 is 2.71 bits per heavy atom. The first-order chi connectivity index (χ1) is 9.53. The summed E-state index contributed by atoms with van der Waals surface area (Å²) in [7, 11) is -1.90. The van der Waals surface area contributed by atoms with Gasteiger partial charge in [0.25, 0.3) is 0 Å². The van der Waals surface area contributed by atoms with Crippen LogP contribution >= 0.6 is 12.4 Å². The van der Waals surface area contributed by atoms with Crippen LogP contribution in [-0.4, -0.2) is 34.7 Å². The summed E-state index contributed by atoms with van der Waals surface area (Å²) < 4.78 is 32.4. The summed E-state index contributed by atoms with van der Waals surface area (Å²) in [4.78, 5) is 0.314. The number of benzene rings is 1. The van der Waals surface area contributed by atoms with Crippen molar-refractivity contribution in [3.05, 3.63) is 23.8 Å². The first kappa shape index (κ1) is 18.2. The number of methoxy groups -OCH3 is 1. The Balaban J connectivity index is 0.00000220. The molecule has 1 atom stereocenters. The Hall–Kier alpha value is -0.820. The van der Waals surface area contributed by atoms with E-state index >= 15 is 0 Å². The molecule has 1 saturated heterocycles. The van der Waals surface area contributed by atoms with Gasteiger partial charge in [0.05, 0.1) is 12.0 Å². The van der Waals surface area contributed by atoms with E-state index in [0.717, 1.165) is 19.4 Å². The lowest BCUT2D eigenvalue weighted by Gasteiger charge is -2.23. The zero-order valence-electron chi connectivity index (χ0n) is 12.4. The van der Waals surface area contributed by atoms with Gasteiger partial charge in [0.2, 0.25) is 10.0 Å². The highest BCUT2D eigenvalue weighted by Crippen LogP contribution is 2.20. The molecule has 7 heteroatoms. The second-order valence-electron chi connectivity index (χ2n) is 5.13. The standard InChI is InChI=1S/C14H22N2O3S.ClH/c1-11-9-13(19-2)6-7-14(11)20(17,18)16-10-12-5-3-4-8-15-12;/h6-7,9,12,15-16H,3-5,8,10H2,1-2H3;1H. The summed E-state index contributed by atoms with van der Waals surface area (Å²) in [6, 6.07) is 5.22. The summed E-state index contributed by atoms with van der Waals surface area (Å²) in [5, 5.41) is 3.33. The van der Waals surface area contributed by atoms with Crippen LogP contribution in [0.3, 0.4) is 0 Å². The molecule has 1 aliphatic heterocycles. The molecule has 0 aromatic heterocycles. The molecule has 0 saturated carbocycles. The average molecular weight is 335 g/mol. The van der Waals surface area contributed by atoms with Crippen molar-refractivity contribution in [1.29, 1.82) is 0 Å². The molecule has 1 unspecified atom stereocenters. The third kappa shape index (κ3) is 4.85. The predicted octanol–water partition coefficient (Wildman–Crippen LogP) is 1.85. The SMILES string of the molecule is COc1ccc(S(=O)(=O)NCC2CCCCN2)c(C)c1.Cl. The molecular weight excluding hydrogens is 312 g/mol. The van der Waals surface area contributed by atoms with Gasteiger partial charge in [0.1, 0.15) is 5.75 Å². The van der Waals surface area contributed by atoms with Gasteiger partial charge < -0.3 is 10.1 Å². The molecule has 2 rings (SSSR count). The number of aryl methyl sites for hydroxylation is 1.